The van der Waals surface area contributed by atoms with Crippen molar-refractivity contribution >= 4 is 22.8 Å². The van der Waals surface area contributed by atoms with E-state index >= 15 is 0 Å². The summed E-state index contributed by atoms with van der Waals surface area (Å²) in [6.45, 7) is 1.99. The number of thioether (sulfide) groups is 1. The van der Waals surface area contributed by atoms with E-state index in [1.54, 1.807) is 11.8 Å². The highest BCUT2D eigenvalue weighted by Gasteiger charge is 2.14. The first-order valence-corrected chi connectivity index (χ1v) is 12.7. The van der Waals surface area contributed by atoms with E-state index in [1.165, 1.54) is 11.1 Å². The molecule has 0 bridgehead atoms. The van der Waals surface area contributed by atoms with Crippen LogP contribution in [0, 0.1) is 0 Å². The smallest absolute Gasteiger partial charge is 0.169 e. The lowest BCUT2D eigenvalue weighted by Gasteiger charge is -2.06. The van der Waals surface area contributed by atoms with Gasteiger partial charge in [0.15, 0.2) is 5.16 Å². The van der Waals surface area contributed by atoms with Crippen molar-refractivity contribution in [3.8, 4) is 0 Å². The van der Waals surface area contributed by atoms with Crippen molar-refractivity contribution in [2.75, 3.05) is 0 Å². The van der Waals surface area contributed by atoms with Crippen molar-refractivity contribution in [2.45, 2.75) is 30.5 Å². The number of nitrogens with zero attached hydrogens (tertiary/aromatic N) is 8. The average Bonchev–Trinajstić information content (AvgIpc) is 3.64. The predicted molar refractivity (Wildman–Crippen MR) is 140 cm³/mol. The third-order valence-electron chi connectivity index (χ3n) is 5.84. The van der Waals surface area contributed by atoms with Gasteiger partial charge in [-0.1, -0.05) is 95.0 Å². The molecular formula is C27H24N8S. The molecule has 0 unspecified atom stereocenters. The van der Waals surface area contributed by atoms with Crippen LogP contribution in [0.3, 0.4) is 0 Å². The second kappa shape index (κ2) is 10.2. The molecule has 0 aliphatic carbocycles. The summed E-state index contributed by atoms with van der Waals surface area (Å²) in [6.07, 6.45) is 4.01. The Balaban J connectivity index is 1.18. The standard InChI is InChI=1S/C27H24N8S/c1-3-9-21(10-4-1)15-33-17-23(29-31-33)19-35-26-14-8-7-13-25(26)28-27(35)36-20-24-18-34(32-30-24)16-22-11-5-2-6-12-22/h1-14,17-18H,15-16,19-20H2. The van der Waals surface area contributed by atoms with Crippen LogP contribution in [0.4, 0.5) is 0 Å². The van der Waals surface area contributed by atoms with Gasteiger partial charge in [0.25, 0.3) is 0 Å². The van der Waals surface area contributed by atoms with E-state index in [0.29, 0.717) is 25.4 Å². The summed E-state index contributed by atoms with van der Waals surface area (Å²) >= 11 is 1.66. The van der Waals surface area contributed by atoms with E-state index in [1.807, 2.05) is 76.4 Å². The molecule has 0 radical (unpaired) electrons. The van der Waals surface area contributed by atoms with Crippen LogP contribution in [0.15, 0.2) is 102 Å². The average molecular weight is 493 g/mol. The molecule has 0 saturated carbocycles. The molecule has 6 rings (SSSR count). The maximum atomic E-state index is 4.89. The minimum Gasteiger partial charge on any atom is -0.313 e. The molecule has 0 aliphatic heterocycles. The molecule has 3 aromatic carbocycles. The molecule has 8 nitrogen and oxygen atoms in total. The number of imidazole rings is 1. The van der Waals surface area contributed by atoms with Gasteiger partial charge in [0.2, 0.25) is 0 Å². The van der Waals surface area contributed by atoms with Crippen molar-refractivity contribution < 1.29 is 0 Å². The summed E-state index contributed by atoms with van der Waals surface area (Å²) in [4.78, 5) is 4.89. The molecule has 3 heterocycles. The molecule has 9 heteroatoms. The van der Waals surface area contributed by atoms with Gasteiger partial charge in [0, 0.05) is 11.9 Å². The number of fused-ring (bicyclic) bond motifs is 1. The molecule has 0 saturated heterocycles. The van der Waals surface area contributed by atoms with Gasteiger partial charge in [-0.3, -0.25) is 0 Å². The van der Waals surface area contributed by atoms with Gasteiger partial charge < -0.3 is 4.57 Å². The number of hydrogen-bond donors (Lipinski definition) is 0. The lowest BCUT2D eigenvalue weighted by atomic mass is 10.2. The molecule has 0 spiro atoms. The van der Waals surface area contributed by atoms with Crippen molar-refractivity contribution in [1.82, 2.24) is 39.5 Å². The lowest BCUT2D eigenvalue weighted by Crippen LogP contribution is -2.02. The first kappa shape index (κ1) is 22.2. The van der Waals surface area contributed by atoms with E-state index in [-0.39, 0.29) is 0 Å². The van der Waals surface area contributed by atoms with Gasteiger partial charge in [-0.15, -0.1) is 10.2 Å². The molecule has 36 heavy (non-hydrogen) atoms. The second-order valence-electron chi connectivity index (χ2n) is 8.54. The zero-order valence-corrected chi connectivity index (χ0v) is 20.4. The minimum atomic E-state index is 0.596. The highest BCUT2D eigenvalue weighted by atomic mass is 32.2. The zero-order valence-electron chi connectivity index (χ0n) is 19.6. The Hall–Kier alpha value is -4.24. The SMILES string of the molecule is c1ccc(Cn2cc(CSc3nc4ccccc4n3Cc3cn(Cc4ccccc4)nn3)nn2)cc1. The zero-order chi connectivity index (χ0) is 24.2. The van der Waals surface area contributed by atoms with E-state index in [0.717, 1.165) is 27.6 Å². The second-order valence-corrected chi connectivity index (χ2v) is 9.49. The Morgan fingerprint density at radius 3 is 1.89 bits per heavy atom. The molecule has 0 N–H and O–H groups in total. The summed E-state index contributed by atoms with van der Waals surface area (Å²) in [5.41, 5.74) is 6.24. The summed E-state index contributed by atoms with van der Waals surface area (Å²) in [5, 5.41) is 18.4. The molecular weight excluding hydrogens is 468 g/mol. The lowest BCUT2D eigenvalue weighted by molar-refractivity contribution is 0.648. The van der Waals surface area contributed by atoms with Gasteiger partial charge in [-0.25, -0.2) is 14.3 Å². The first-order valence-electron chi connectivity index (χ1n) is 11.7. The summed E-state index contributed by atoms with van der Waals surface area (Å²) in [6, 6.07) is 28.7. The van der Waals surface area contributed by atoms with E-state index < -0.39 is 0 Å². The van der Waals surface area contributed by atoms with Crippen molar-refractivity contribution in [2.24, 2.45) is 0 Å². The van der Waals surface area contributed by atoms with Gasteiger partial charge in [0.1, 0.15) is 5.69 Å². The van der Waals surface area contributed by atoms with Crippen LogP contribution in [0.1, 0.15) is 22.5 Å². The Kier molecular flexibility index (Phi) is 6.28. The summed E-state index contributed by atoms with van der Waals surface area (Å²) < 4.78 is 5.95. The summed E-state index contributed by atoms with van der Waals surface area (Å²) in [7, 11) is 0. The normalized spacial score (nSPS) is 11.3. The van der Waals surface area contributed by atoms with Gasteiger partial charge >= 0.3 is 0 Å². The molecule has 0 amide bonds. The van der Waals surface area contributed by atoms with Crippen LogP contribution < -0.4 is 0 Å². The Labute approximate surface area is 212 Å². The van der Waals surface area contributed by atoms with Gasteiger partial charge in [-0.05, 0) is 23.3 Å². The third kappa shape index (κ3) is 5.06. The number of rotatable bonds is 9. The van der Waals surface area contributed by atoms with Crippen LogP contribution in [0.2, 0.25) is 0 Å². The van der Waals surface area contributed by atoms with Gasteiger partial charge in [0.05, 0.1) is 42.6 Å². The van der Waals surface area contributed by atoms with E-state index in [2.05, 4.69) is 55.5 Å². The summed E-state index contributed by atoms with van der Waals surface area (Å²) in [5.74, 6) is 0.679. The highest BCUT2D eigenvalue weighted by molar-refractivity contribution is 7.98. The number of hydrogen-bond acceptors (Lipinski definition) is 6. The fraction of sp³-hybridized carbons (Fsp3) is 0.148. The van der Waals surface area contributed by atoms with E-state index in [9.17, 15) is 0 Å². The van der Waals surface area contributed by atoms with Crippen LogP contribution in [-0.4, -0.2) is 39.5 Å². The van der Waals surface area contributed by atoms with Gasteiger partial charge in [-0.2, -0.15) is 0 Å². The van der Waals surface area contributed by atoms with Crippen LogP contribution >= 0.6 is 11.8 Å². The van der Waals surface area contributed by atoms with Crippen LogP contribution in [0.25, 0.3) is 11.0 Å². The topological polar surface area (TPSA) is 79.2 Å². The van der Waals surface area contributed by atoms with Crippen molar-refractivity contribution in [3.63, 3.8) is 0 Å². The van der Waals surface area contributed by atoms with E-state index in [4.69, 9.17) is 4.98 Å². The number of para-hydroxylation sites is 2. The fourth-order valence-electron chi connectivity index (χ4n) is 4.13. The monoisotopic (exact) mass is 492 g/mol. The Morgan fingerprint density at radius 2 is 1.19 bits per heavy atom. The Morgan fingerprint density at radius 1 is 0.611 bits per heavy atom. The van der Waals surface area contributed by atoms with Crippen LogP contribution in [0.5, 0.6) is 0 Å². The number of benzene rings is 3. The van der Waals surface area contributed by atoms with Crippen molar-refractivity contribution in [3.05, 3.63) is 120 Å². The largest absolute Gasteiger partial charge is 0.313 e. The molecule has 0 fully saturated rings. The maximum Gasteiger partial charge on any atom is 0.169 e. The molecule has 6 aromatic rings. The quantitative estimate of drug-likeness (QED) is 0.273. The highest BCUT2D eigenvalue weighted by Crippen LogP contribution is 2.27. The Bertz CT molecular complexity index is 1570. The fourth-order valence-corrected chi connectivity index (χ4v) is 5.02. The molecule has 0 atom stereocenters. The minimum absolute atomic E-state index is 0.596. The molecule has 3 aromatic heterocycles. The predicted octanol–water partition coefficient (Wildman–Crippen LogP) is 4.66. The third-order valence-corrected chi connectivity index (χ3v) is 6.85. The van der Waals surface area contributed by atoms with Crippen molar-refractivity contribution in [1.29, 1.82) is 0 Å². The maximum absolute atomic E-state index is 4.89. The molecule has 0 aliphatic rings. The first-order chi connectivity index (χ1) is 17.8. The number of aromatic nitrogens is 8. The molecule has 178 valence electrons. The van der Waals surface area contributed by atoms with Crippen LogP contribution in [-0.2, 0) is 25.4 Å².